The van der Waals surface area contributed by atoms with Gasteiger partial charge in [-0.15, -0.1) is 0 Å². The molecule has 2 aromatic rings. The maximum absolute atomic E-state index is 13.3. The molecule has 0 radical (unpaired) electrons. The number of nitrogens with zero attached hydrogens (tertiary/aromatic N) is 1. The fourth-order valence-corrected chi connectivity index (χ4v) is 3.76. The number of hydrogen-bond donors (Lipinski definition) is 0. The van der Waals surface area contributed by atoms with Gasteiger partial charge in [0, 0.05) is 18.1 Å². The number of carbonyl (C=O) groups is 1. The number of carbonyl (C=O) groups excluding carboxylic acids is 1. The summed E-state index contributed by atoms with van der Waals surface area (Å²) in [5, 5.41) is 0. The van der Waals surface area contributed by atoms with Crippen molar-refractivity contribution in [2.75, 3.05) is 0 Å². The number of ether oxygens (including phenoxy) is 1. The Bertz CT molecular complexity index is 920. The first-order valence-corrected chi connectivity index (χ1v) is 12.7. The summed E-state index contributed by atoms with van der Waals surface area (Å²) in [4.78, 5) is 18.0. The number of rotatable bonds is 10. The molecule has 0 aliphatic rings. The van der Waals surface area contributed by atoms with Gasteiger partial charge in [-0.2, -0.15) is 0 Å². The second kappa shape index (κ2) is 11.8. The van der Waals surface area contributed by atoms with Gasteiger partial charge in [0.2, 0.25) is 0 Å². The molecule has 0 fully saturated rings. The van der Waals surface area contributed by atoms with Crippen LogP contribution in [0, 0.1) is 16.7 Å². The lowest BCUT2D eigenvalue weighted by molar-refractivity contribution is -0.159. The van der Waals surface area contributed by atoms with Crippen molar-refractivity contribution in [1.29, 1.82) is 0 Å². The molecule has 2 rings (SSSR count). The molecule has 0 aromatic heterocycles. The molecule has 34 heavy (non-hydrogen) atoms. The van der Waals surface area contributed by atoms with Crippen LogP contribution in [0.2, 0.25) is 0 Å². The van der Waals surface area contributed by atoms with Crippen molar-refractivity contribution >= 4 is 12.2 Å². The van der Waals surface area contributed by atoms with E-state index in [1.807, 2.05) is 43.5 Å². The summed E-state index contributed by atoms with van der Waals surface area (Å²) < 4.78 is 6.01. The van der Waals surface area contributed by atoms with E-state index in [1.165, 1.54) is 11.1 Å². The van der Waals surface area contributed by atoms with Gasteiger partial charge < -0.3 is 4.74 Å². The first-order chi connectivity index (χ1) is 15.8. The minimum atomic E-state index is -0.550. The van der Waals surface area contributed by atoms with Gasteiger partial charge >= 0.3 is 5.97 Å². The van der Waals surface area contributed by atoms with Crippen LogP contribution < -0.4 is 0 Å². The SMILES string of the molecule is CC(C=NC(Cc1ccccc1)C(=O)OC(C)C(C)(C)C(C)(C)C)Cc1ccc(C(C)C)cc1. The Morgan fingerprint density at radius 3 is 1.94 bits per heavy atom. The van der Waals surface area contributed by atoms with Crippen LogP contribution in [-0.4, -0.2) is 24.3 Å². The maximum atomic E-state index is 13.3. The third-order valence-electron chi connectivity index (χ3n) is 7.51. The highest BCUT2D eigenvalue weighted by Crippen LogP contribution is 2.42. The lowest BCUT2D eigenvalue weighted by atomic mass is 9.66. The molecule has 0 aliphatic heterocycles. The average molecular weight is 464 g/mol. The quantitative estimate of drug-likeness (QED) is 0.268. The van der Waals surface area contributed by atoms with E-state index in [0.29, 0.717) is 12.3 Å². The number of aliphatic imine (C=N–C) groups is 1. The Balaban J connectivity index is 2.14. The second-order valence-electron chi connectivity index (χ2n) is 11.6. The average Bonchev–Trinajstić information content (AvgIpc) is 2.76. The van der Waals surface area contributed by atoms with Crippen LogP contribution in [-0.2, 0) is 22.4 Å². The molecule has 0 heterocycles. The third kappa shape index (κ3) is 7.82. The molecule has 3 nitrogen and oxygen atoms in total. The molecule has 0 bridgehead atoms. The molecule has 2 aromatic carbocycles. The third-order valence-corrected chi connectivity index (χ3v) is 7.51. The number of hydrogen-bond acceptors (Lipinski definition) is 3. The smallest absolute Gasteiger partial charge is 0.331 e. The Hall–Kier alpha value is -2.42. The fraction of sp³-hybridized carbons (Fsp3) is 0.548. The minimum Gasteiger partial charge on any atom is -0.460 e. The Morgan fingerprint density at radius 2 is 1.41 bits per heavy atom. The van der Waals surface area contributed by atoms with Gasteiger partial charge in [0.15, 0.2) is 6.04 Å². The minimum absolute atomic E-state index is 0.00449. The molecule has 0 saturated heterocycles. The summed E-state index contributed by atoms with van der Waals surface area (Å²) in [6, 6.07) is 18.3. The molecule has 0 spiro atoms. The van der Waals surface area contributed by atoms with E-state index in [1.54, 1.807) is 0 Å². The summed E-state index contributed by atoms with van der Waals surface area (Å²) in [5.74, 6) is 0.501. The monoisotopic (exact) mass is 463 g/mol. The Morgan fingerprint density at radius 1 is 0.853 bits per heavy atom. The predicted octanol–water partition coefficient (Wildman–Crippen LogP) is 7.67. The van der Waals surface area contributed by atoms with Gasteiger partial charge in [0.05, 0.1) is 0 Å². The first-order valence-electron chi connectivity index (χ1n) is 12.7. The summed E-state index contributed by atoms with van der Waals surface area (Å²) in [6.07, 6.45) is 3.15. The van der Waals surface area contributed by atoms with Crippen LogP contribution >= 0.6 is 0 Å². The number of esters is 1. The molecule has 0 aliphatic carbocycles. The van der Waals surface area contributed by atoms with Crippen molar-refractivity contribution in [2.24, 2.45) is 21.7 Å². The Labute approximate surface area is 208 Å². The zero-order valence-corrected chi connectivity index (χ0v) is 22.8. The zero-order chi connectivity index (χ0) is 25.5. The molecule has 3 atom stereocenters. The van der Waals surface area contributed by atoms with E-state index in [2.05, 4.69) is 79.7 Å². The lowest BCUT2D eigenvalue weighted by Gasteiger charge is -2.43. The van der Waals surface area contributed by atoms with Crippen molar-refractivity contribution < 1.29 is 9.53 Å². The molecular weight excluding hydrogens is 418 g/mol. The molecule has 0 amide bonds. The molecule has 0 N–H and O–H groups in total. The predicted molar refractivity (Wildman–Crippen MR) is 145 cm³/mol. The van der Waals surface area contributed by atoms with E-state index in [9.17, 15) is 4.79 Å². The first kappa shape index (κ1) is 27.8. The molecule has 186 valence electrons. The summed E-state index contributed by atoms with van der Waals surface area (Å²) in [5.41, 5.74) is 3.55. The van der Waals surface area contributed by atoms with E-state index in [4.69, 9.17) is 9.73 Å². The van der Waals surface area contributed by atoms with Crippen LogP contribution in [0.4, 0.5) is 0 Å². The molecular formula is C31H45NO2. The second-order valence-corrected chi connectivity index (χ2v) is 11.6. The molecule has 3 unspecified atom stereocenters. The summed E-state index contributed by atoms with van der Waals surface area (Å²) in [7, 11) is 0. The lowest BCUT2D eigenvalue weighted by Crippen LogP contribution is -2.43. The molecule has 3 heteroatoms. The van der Waals surface area contributed by atoms with E-state index in [0.717, 1.165) is 12.0 Å². The van der Waals surface area contributed by atoms with Crippen molar-refractivity contribution in [3.63, 3.8) is 0 Å². The van der Waals surface area contributed by atoms with Crippen molar-refractivity contribution in [2.45, 2.75) is 93.2 Å². The summed E-state index contributed by atoms with van der Waals surface area (Å²) in [6.45, 7) is 19.4. The van der Waals surface area contributed by atoms with Crippen molar-refractivity contribution in [3.05, 3.63) is 71.3 Å². The largest absolute Gasteiger partial charge is 0.460 e. The van der Waals surface area contributed by atoms with Crippen molar-refractivity contribution in [3.8, 4) is 0 Å². The number of benzene rings is 2. The standard InChI is InChI=1S/C31H45NO2/c1-22(2)27-17-15-26(16-18-27)19-23(3)21-32-28(20-25-13-11-10-12-14-25)29(33)34-24(4)31(8,9)30(5,6)7/h10-18,21-24,28H,19-20H2,1-9H3. The van der Waals surface area contributed by atoms with Crippen LogP contribution in [0.5, 0.6) is 0 Å². The summed E-state index contributed by atoms with van der Waals surface area (Å²) >= 11 is 0. The van der Waals surface area contributed by atoms with Crippen LogP contribution in [0.15, 0.2) is 59.6 Å². The van der Waals surface area contributed by atoms with E-state index < -0.39 is 6.04 Å². The van der Waals surface area contributed by atoms with E-state index >= 15 is 0 Å². The van der Waals surface area contributed by atoms with Gasteiger partial charge in [-0.1, -0.05) is 110 Å². The van der Waals surface area contributed by atoms with E-state index in [-0.39, 0.29) is 28.8 Å². The van der Waals surface area contributed by atoms with Gasteiger partial charge in [-0.05, 0) is 47.3 Å². The highest BCUT2D eigenvalue weighted by atomic mass is 16.5. The fourth-order valence-electron chi connectivity index (χ4n) is 3.76. The highest BCUT2D eigenvalue weighted by molar-refractivity contribution is 5.79. The molecule has 0 saturated carbocycles. The Kier molecular flexibility index (Phi) is 9.67. The van der Waals surface area contributed by atoms with Crippen LogP contribution in [0.25, 0.3) is 0 Å². The zero-order valence-electron chi connectivity index (χ0n) is 22.8. The van der Waals surface area contributed by atoms with Crippen LogP contribution in [0.1, 0.15) is 84.9 Å². The van der Waals surface area contributed by atoms with Gasteiger partial charge in [-0.25, -0.2) is 4.79 Å². The van der Waals surface area contributed by atoms with Crippen molar-refractivity contribution in [1.82, 2.24) is 0 Å². The highest BCUT2D eigenvalue weighted by Gasteiger charge is 2.40. The topological polar surface area (TPSA) is 38.7 Å². The maximum Gasteiger partial charge on any atom is 0.331 e. The van der Waals surface area contributed by atoms with Gasteiger partial charge in [0.1, 0.15) is 6.10 Å². The van der Waals surface area contributed by atoms with Gasteiger partial charge in [-0.3, -0.25) is 4.99 Å². The van der Waals surface area contributed by atoms with Gasteiger partial charge in [0.25, 0.3) is 0 Å². The van der Waals surface area contributed by atoms with Crippen LogP contribution in [0.3, 0.4) is 0 Å². The normalized spacial score (nSPS) is 15.4.